The first-order chi connectivity index (χ1) is 6.47. The average Bonchev–Trinajstić information content (AvgIpc) is 2.74. The van der Waals surface area contributed by atoms with Crippen LogP contribution in [0.5, 0.6) is 0 Å². The van der Waals surface area contributed by atoms with Crippen molar-refractivity contribution in [2.75, 3.05) is 19.8 Å². The first-order valence-corrected chi connectivity index (χ1v) is 5.48. The van der Waals surface area contributed by atoms with E-state index in [1.807, 2.05) is 6.92 Å². The molecule has 0 aromatic heterocycles. The lowest BCUT2D eigenvalue weighted by molar-refractivity contribution is -0.117. The molecule has 0 aromatic rings. The van der Waals surface area contributed by atoms with E-state index in [-0.39, 0.29) is 10.8 Å². The maximum atomic E-state index is 10.7. The van der Waals surface area contributed by atoms with E-state index < -0.39 is 5.60 Å². The van der Waals surface area contributed by atoms with Gasteiger partial charge in [0, 0.05) is 18.6 Å². The number of nitrogens with two attached hydrogens (primary N) is 1. The number of hydrogen-bond acceptors (Lipinski definition) is 3. The van der Waals surface area contributed by atoms with Crippen molar-refractivity contribution in [1.29, 1.82) is 0 Å². The molecule has 2 unspecified atom stereocenters. The molecule has 0 spiro atoms. The first kappa shape index (κ1) is 10.4. The van der Waals surface area contributed by atoms with Crippen molar-refractivity contribution in [1.82, 2.24) is 0 Å². The van der Waals surface area contributed by atoms with Crippen LogP contribution in [0.2, 0.25) is 0 Å². The zero-order valence-corrected chi connectivity index (χ0v) is 9.18. The summed E-state index contributed by atoms with van der Waals surface area (Å²) in [6, 6.07) is 0. The Morgan fingerprint density at radius 1 is 1.43 bits per heavy atom. The number of ether oxygens (including phenoxy) is 1. The van der Waals surface area contributed by atoms with Gasteiger partial charge in [-0.15, -0.1) is 0 Å². The van der Waals surface area contributed by atoms with Gasteiger partial charge in [-0.2, -0.15) is 0 Å². The monoisotopic (exact) mass is 199 g/mol. The summed E-state index contributed by atoms with van der Waals surface area (Å²) in [6.45, 7) is 5.98. The quantitative estimate of drug-likeness (QED) is 0.710. The van der Waals surface area contributed by atoms with Crippen LogP contribution in [0, 0.1) is 10.8 Å². The van der Waals surface area contributed by atoms with E-state index in [1.165, 1.54) is 0 Å². The van der Waals surface area contributed by atoms with Crippen molar-refractivity contribution in [3.8, 4) is 0 Å². The summed E-state index contributed by atoms with van der Waals surface area (Å²) >= 11 is 0. The van der Waals surface area contributed by atoms with Gasteiger partial charge in [0.15, 0.2) is 0 Å². The van der Waals surface area contributed by atoms with Crippen LogP contribution in [-0.4, -0.2) is 30.5 Å². The van der Waals surface area contributed by atoms with Gasteiger partial charge >= 0.3 is 0 Å². The summed E-state index contributed by atoms with van der Waals surface area (Å²) in [5.74, 6) is 0. The molecule has 0 radical (unpaired) electrons. The molecule has 14 heavy (non-hydrogen) atoms. The highest BCUT2D eigenvalue weighted by atomic mass is 16.5. The molecule has 1 aliphatic carbocycles. The van der Waals surface area contributed by atoms with Crippen LogP contribution >= 0.6 is 0 Å². The maximum absolute atomic E-state index is 10.7. The van der Waals surface area contributed by atoms with E-state index in [0.717, 1.165) is 25.9 Å². The highest BCUT2D eigenvalue weighted by molar-refractivity contribution is 5.13. The second-order valence-corrected chi connectivity index (χ2v) is 5.42. The highest BCUT2D eigenvalue weighted by Gasteiger charge is 2.62. The summed E-state index contributed by atoms with van der Waals surface area (Å²) in [4.78, 5) is 0. The Morgan fingerprint density at radius 2 is 2.07 bits per heavy atom. The lowest BCUT2D eigenvalue weighted by Crippen LogP contribution is -2.56. The lowest BCUT2D eigenvalue weighted by atomic mass is 9.65. The van der Waals surface area contributed by atoms with E-state index in [1.54, 1.807) is 0 Å². The zero-order chi connectivity index (χ0) is 10.4. The largest absolute Gasteiger partial charge is 0.389 e. The van der Waals surface area contributed by atoms with Gasteiger partial charge < -0.3 is 15.6 Å². The maximum Gasteiger partial charge on any atom is 0.0763 e. The summed E-state index contributed by atoms with van der Waals surface area (Å²) in [6.07, 6.45) is 3.12. The topological polar surface area (TPSA) is 55.5 Å². The average molecular weight is 199 g/mol. The van der Waals surface area contributed by atoms with Gasteiger partial charge in [-0.1, -0.05) is 6.92 Å². The SMILES string of the molecule is CC1(C(C)(O)C2(CN)CCOC2)CC1. The van der Waals surface area contributed by atoms with Crippen LogP contribution in [0.15, 0.2) is 0 Å². The Kier molecular flexibility index (Phi) is 2.18. The summed E-state index contributed by atoms with van der Waals surface area (Å²) in [5.41, 5.74) is 5.02. The minimum absolute atomic E-state index is 0.0695. The summed E-state index contributed by atoms with van der Waals surface area (Å²) < 4.78 is 5.42. The fraction of sp³-hybridized carbons (Fsp3) is 1.00. The molecule has 82 valence electrons. The fourth-order valence-electron chi connectivity index (χ4n) is 2.67. The van der Waals surface area contributed by atoms with E-state index >= 15 is 0 Å². The third-order valence-electron chi connectivity index (χ3n) is 4.70. The van der Waals surface area contributed by atoms with Gasteiger partial charge in [-0.25, -0.2) is 0 Å². The molecule has 3 heteroatoms. The summed E-state index contributed by atoms with van der Waals surface area (Å²) in [7, 11) is 0. The van der Waals surface area contributed by atoms with Crippen molar-refractivity contribution >= 4 is 0 Å². The third kappa shape index (κ3) is 1.16. The minimum Gasteiger partial charge on any atom is -0.389 e. The predicted octanol–water partition coefficient (Wildman–Crippen LogP) is 0.903. The van der Waals surface area contributed by atoms with Gasteiger partial charge in [0.2, 0.25) is 0 Å². The van der Waals surface area contributed by atoms with Crippen LogP contribution in [0.3, 0.4) is 0 Å². The van der Waals surface area contributed by atoms with Crippen molar-refractivity contribution < 1.29 is 9.84 Å². The van der Waals surface area contributed by atoms with Crippen LogP contribution in [0.1, 0.15) is 33.1 Å². The minimum atomic E-state index is -0.675. The molecule has 3 N–H and O–H groups in total. The van der Waals surface area contributed by atoms with Crippen LogP contribution in [0.4, 0.5) is 0 Å². The Balaban J connectivity index is 2.25. The van der Waals surface area contributed by atoms with Crippen molar-refractivity contribution in [3.63, 3.8) is 0 Å². The normalized spacial score (nSPS) is 39.4. The zero-order valence-electron chi connectivity index (χ0n) is 9.18. The molecule has 0 aromatic carbocycles. The van der Waals surface area contributed by atoms with E-state index in [9.17, 15) is 5.11 Å². The van der Waals surface area contributed by atoms with E-state index in [0.29, 0.717) is 13.2 Å². The Morgan fingerprint density at radius 3 is 2.43 bits per heavy atom. The highest BCUT2D eigenvalue weighted by Crippen LogP contribution is 2.60. The van der Waals surface area contributed by atoms with Crippen LogP contribution in [-0.2, 0) is 4.74 Å². The van der Waals surface area contributed by atoms with Gasteiger partial charge in [-0.05, 0) is 31.6 Å². The first-order valence-electron chi connectivity index (χ1n) is 5.48. The van der Waals surface area contributed by atoms with Crippen molar-refractivity contribution in [3.05, 3.63) is 0 Å². The second kappa shape index (κ2) is 2.94. The third-order valence-corrected chi connectivity index (χ3v) is 4.70. The predicted molar refractivity (Wildman–Crippen MR) is 54.9 cm³/mol. The molecule has 2 atom stereocenters. The Labute approximate surface area is 85.6 Å². The lowest BCUT2D eigenvalue weighted by Gasteiger charge is -2.45. The van der Waals surface area contributed by atoms with Gasteiger partial charge in [0.05, 0.1) is 12.2 Å². The van der Waals surface area contributed by atoms with Gasteiger partial charge in [0.1, 0.15) is 0 Å². The fourth-order valence-corrected chi connectivity index (χ4v) is 2.67. The molecule has 0 amide bonds. The molecule has 2 rings (SSSR count). The molecular weight excluding hydrogens is 178 g/mol. The van der Waals surface area contributed by atoms with Crippen LogP contribution in [0.25, 0.3) is 0 Å². The number of rotatable bonds is 3. The number of aliphatic hydroxyl groups is 1. The van der Waals surface area contributed by atoms with Gasteiger partial charge in [0.25, 0.3) is 0 Å². The van der Waals surface area contributed by atoms with E-state index in [2.05, 4.69) is 6.92 Å². The second-order valence-electron chi connectivity index (χ2n) is 5.42. The Bertz CT molecular complexity index is 227. The van der Waals surface area contributed by atoms with Crippen molar-refractivity contribution in [2.45, 2.75) is 38.7 Å². The molecular formula is C11H21NO2. The Hall–Kier alpha value is -0.120. The molecule has 1 saturated heterocycles. The molecule has 2 fully saturated rings. The van der Waals surface area contributed by atoms with E-state index in [4.69, 9.17) is 10.5 Å². The molecule has 2 aliphatic rings. The standard InChI is InChI=1S/C11H21NO2/c1-9(3-4-9)10(2,13)11(7-12)5-6-14-8-11/h13H,3-8,12H2,1-2H3. The molecule has 1 heterocycles. The molecule has 1 aliphatic heterocycles. The molecule has 0 bridgehead atoms. The van der Waals surface area contributed by atoms with Crippen LogP contribution < -0.4 is 5.73 Å². The number of hydrogen-bond donors (Lipinski definition) is 2. The summed E-state index contributed by atoms with van der Waals surface area (Å²) in [5, 5.41) is 10.7. The molecule has 1 saturated carbocycles. The molecule has 3 nitrogen and oxygen atoms in total. The smallest absolute Gasteiger partial charge is 0.0763 e. The van der Waals surface area contributed by atoms with Crippen molar-refractivity contribution in [2.24, 2.45) is 16.6 Å². The van der Waals surface area contributed by atoms with Gasteiger partial charge in [-0.3, -0.25) is 0 Å².